The first-order chi connectivity index (χ1) is 15.6. The number of benzene rings is 1. The Morgan fingerprint density at radius 2 is 1.85 bits per heavy atom. The van der Waals surface area contributed by atoms with Gasteiger partial charge in [-0.3, -0.25) is 14.5 Å². The molecule has 0 aliphatic carbocycles. The summed E-state index contributed by atoms with van der Waals surface area (Å²) in [7, 11) is 0. The molecule has 0 spiro atoms. The molecule has 0 radical (unpaired) electrons. The maximum Gasteiger partial charge on any atom is 0.417 e. The predicted octanol–water partition coefficient (Wildman–Crippen LogP) is 2.73. The number of fused-ring (bicyclic) bond motifs is 5. The number of hydrogen-bond donors (Lipinski definition) is 0. The first-order valence-electron chi connectivity index (χ1n) is 11.1. The van der Waals surface area contributed by atoms with E-state index < -0.39 is 52.2 Å². The molecule has 4 saturated heterocycles. The molecule has 1 aromatic rings. The lowest BCUT2D eigenvalue weighted by Gasteiger charge is -2.34. The Balaban J connectivity index is 1.47. The molecule has 10 heteroatoms. The van der Waals surface area contributed by atoms with Crippen molar-refractivity contribution in [2.75, 3.05) is 37.7 Å². The number of carbonyl (C=O) groups excluding carboxylic acids is 2. The van der Waals surface area contributed by atoms with Gasteiger partial charge in [0, 0.05) is 19.6 Å². The van der Waals surface area contributed by atoms with Gasteiger partial charge in [-0.15, -0.1) is 0 Å². The van der Waals surface area contributed by atoms with Gasteiger partial charge in [0.1, 0.15) is 0 Å². The van der Waals surface area contributed by atoms with E-state index in [0.717, 1.165) is 30.1 Å². The van der Waals surface area contributed by atoms with E-state index >= 15 is 0 Å². The highest BCUT2D eigenvalue weighted by atomic mass is 19.4. The molecule has 5 rings (SSSR count). The third-order valence-corrected chi connectivity index (χ3v) is 7.65. The third kappa shape index (κ3) is 3.36. The first-order valence-corrected chi connectivity index (χ1v) is 11.1. The fourth-order valence-electron chi connectivity index (χ4n) is 6.04. The van der Waals surface area contributed by atoms with Crippen molar-refractivity contribution < 1.29 is 32.2 Å². The molecule has 33 heavy (non-hydrogen) atoms. The van der Waals surface area contributed by atoms with E-state index in [4.69, 9.17) is 14.7 Å². The number of nitrogens with zero attached hydrogens (tertiary/aromatic N) is 3. The summed E-state index contributed by atoms with van der Waals surface area (Å²) in [5, 5.41) is 9.06. The van der Waals surface area contributed by atoms with Crippen molar-refractivity contribution in [2.45, 2.75) is 43.6 Å². The number of imide groups is 1. The fourth-order valence-corrected chi connectivity index (χ4v) is 6.04. The van der Waals surface area contributed by atoms with E-state index in [1.54, 1.807) is 0 Å². The highest BCUT2D eigenvalue weighted by Gasteiger charge is 2.73. The fraction of sp³-hybridized carbons (Fsp3) is 0.609. The molecule has 1 aromatic carbocycles. The van der Waals surface area contributed by atoms with E-state index in [1.165, 1.54) is 12.1 Å². The average Bonchev–Trinajstić information content (AvgIpc) is 3.37. The van der Waals surface area contributed by atoms with Crippen LogP contribution in [0.5, 0.6) is 0 Å². The molecule has 0 aromatic heterocycles. The van der Waals surface area contributed by atoms with Crippen molar-refractivity contribution in [3.8, 4) is 6.07 Å². The zero-order chi connectivity index (χ0) is 23.6. The molecule has 2 amide bonds. The lowest BCUT2D eigenvalue weighted by molar-refractivity contribution is -0.138. The Bertz CT molecular complexity index is 1050. The SMILES string of the molecule is CC12CCC(CCN3CCOCC3)(O1)[C@@H]1C(=O)N(c3ccc(C#N)c(C(F)(F)F)c3)C(=O)[C@@H]12. The van der Waals surface area contributed by atoms with E-state index in [1.807, 2.05) is 6.92 Å². The van der Waals surface area contributed by atoms with Crippen molar-refractivity contribution in [3.63, 3.8) is 0 Å². The van der Waals surface area contributed by atoms with Gasteiger partial charge < -0.3 is 9.47 Å². The van der Waals surface area contributed by atoms with Crippen LogP contribution in [-0.4, -0.2) is 60.8 Å². The molecule has 2 bridgehead atoms. The Morgan fingerprint density at radius 3 is 2.52 bits per heavy atom. The highest BCUT2D eigenvalue weighted by molar-refractivity contribution is 6.23. The van der Waals surface area contributed by atoms with E-state index in [0.29, 0.717) is 39.0 Å². The largest absolute Gasteiger partial charge is 0.417 e. The minimum atomic E-state index is -4.78. The smallest absolute Gasteiger partial charge is 0.379 e. The molecular formula is C23H24F3N3O4. The maximum atomic E-state index is 13.5. The Labute approximate surface area is 189 Å². The van der Waals surface area contributed by atoms with Crippen molar-refractivity contribution in [1.29, 1.82) is 5.26 Å². The molecule has 0 saturated carbocycles. The maximum absolute atomic E-state index is 13.5. The van der Waals surface area contributed by atoms with Crippen LogP contribution in [0.4, 0.5) is 18.9 Å². The number of halogens is 3. The lowest BCUT2D eigenvalue weighted by atomic mass is 9.67. The van der Waals surface area contributed by atoms with Crippen LogP contribution < -0.4 is 4.90 Å². The minimum Gasteiger partial charge on any atom is -0.379 e. The number of rotatable bonds is 4. The van der Waals surface area contributed by atoms with Gasteiger partial charge >= 0.3 is 6.18 Å². The number of alkyl halides is 3. The van der Waals surface area contributed by atoms with Gasteiger partial charge in [-0.2, -0.15) is 18.4 Å². The van der Waals surface area contributed by atoms with E-state index in [2.05, 4.69) is 4.90 Å². The Morgan fingerprint density at radius 1 is 1.15 bits per heavy atom. The summed E-state index contributed by atoms with van der Waals surface area (Å²) in [5.74, 6) is -2.50. The van der Waals surface area contributed by atoms with Crippen LogP contribution in [0.15, 0.2) is 18.2 Å². The number of carbonyl (C=O) groups is 2. The summed E-state index contributed by atoms with van der Waals surface area (Å²) in [6, 6.07) is 4.49. The van der Waals surface area contributed by atoms with Crippen LogP contribution in [0.25, 0.3) is 0 Å². The molecule has 0 N–H and O–H groups in total. The second-order valence-electron chi connectivity index (χ2n) is 9.49. The molecular weight excluding hydrogens is 439 g/mol. The first kappa shape index (κ1) is 22.3. The predicted molar refractivity (Wildman–Crippen MR) is 109 cm³/mol. The van der Waals surface area contributed by atoms with Crippen LogP contribution in [0.3, 0.4) is 0 Å². The molecule has 4 aliphatic rings. The number of anilines is 1. The van der Waals surface area contributed by atoms with Crippen LogP contribution in [-0.2, 0) is 25.2 Å². The Kier molecular flexibility index (Phi) is 5.08. The van der Waals surface area contributed by atoms with Gasteiger partial charge in [0.15, 0.2) is 0 Å². The van der Waals surface area contributed by atoms with Gasteiger partial charge in [0.05, 0.1) is 59.1 Å². The van der Waals surface area contributed by atoms with Crippen molar-refractivity contribution >= 4 is 17.5 Å². The van der Waals surface area contributed by atoms with Crippen LogP contribution in [0.2, 0.25) is 0 Å². The third-order valence-electron chi connectivity index (χ3n) is 7.65. The number of nitriles is 1. The van der Waals surface area contributed by atoms with Gasteiger partial charge in [0.25, 0.3) is 0 Å². The minimum absolute atomic E-state index is 0.156. The Hall–Kier alpha value is -2.48. The summed E-state index contributed by atoms with van der Waals surface area (Å²) < 4.78 is 52.2. The molecule has 7 nitrogen and oxygen atoms in total. The number of ether oxygens (including phenoxy) is 2. The van der Waals surface area contributed by atoms with Gasteiger partial charge in [-0.1, -0.05) is 0 Å². The summed E-state index contributed by atoms with van der Waals surface area (Å²) in [6.45, 7) is 5.37. The zero-order valence-electron chi connectivity index (χ0n) is 18.2. The molecule has 4 fully saturated rings. The second-order valence-corrected chi connectivity index (χ2v) is 9.49. The number of morpholine rings is 1. The van der Waals surface area contributed by atoms with E-state index in [9.17, 15) is 22.8 Å². The van der Waals surface area contributed by atoms with Crippen LogP contribution >= 0.6 is 0 Å². The number of amides is 2. The summed E-state index contributed by atoms with van der Waals surface area (Å²) >= 11 is 0. The van der Waals surface area contributed by atoms with Crippen molar-refractivity contribution in [3.05, 3.63) is 29.3 Å². The molecule has 4 atom stereocenters. The standard InChI is InChI=1S/C23H24F3N3O4/c1-21-4-5-22(33-21,6-7-28-8-10-32-11-9-28)18-17(21)19(30)29(20(18)31)15-3-2-14(13-27)16(12-15)23(24,25)26/h2-3,12,17-18H,4-11H2,1H3/t17-,18+,21?,22?/m1/s1. The quantitative estimate of drug-likeness (QED) is 0.639. The van der Waals surface area contributed by atoms with E-state index in [-0.39, 0.29) is 5.69 Å². The number of hydrogen-bond acceptors (Lipinski definition) is 6. The van der Waals surface area contributed by atoms with Crippen molar-refractivity contribution in [1.82, 2.24) is 4.90 Å². The van der Waals surface area contributed by atoms with Gasteiger partial charge in [0.2, 0.25) is 11.8 Å². The summed E-state index contributed by atoms with van der Waals surface area (Å²) in [5.41, 5.74) is -3.50. The van der Waals surface area contributed by atoms with Crippen molar-refractivity contribution in [2.24, 2.45) is 11.8 Å². The highest BCUT2D eigenvalue weighted by Crippen LogP contribution is 2.62. The molecule has 4 heterocycles. The van der Waals surface area contributed by atoms with Crippen LogP contribution in [0.1, 0.15) is 37.3 Å². The molecule has 2 unspecified atom stereocenters. The lowest BCUT2D eigenvalue weighted by Crippen LogP contribution is -2.46. The molecule has 4 aliphatic heterocycles. The average molecular weight is 463 g/mol. The normalized spacial score (nSPS) is 34.1. The van der Waals surface area contributed by atoms with Gasteiger partial charge in [-0.05, 0) is 44.4 Å². The van der Waals surface area contributed by atoms with Gasteiger partial charge in [-0.25, -0.2) is 4.90 Å². The molecule has 176 valence electrons. The zero-order valence-corrected chi connectivity index (χ0v) is 18.2. The second kappa shape index (κ2) is 7.52. The van der Waals surface area contributed by atoms with Crippen LogP contribution in [0, 0.1) is 23.2 Å². The summed E-state index contributed by atoms with van der Waals surface area (Å²) in [4.78, 5) is 30.1. The monoisotopic (exact) mass is 463 g/mol. The summed E-state index contributed by atoms with van der Waals surface area (Å²) in [6.07, 6.45) is -2.97. The topological polar surface area (TPSA) is 82.9 Å².